The molecule has 19 heavy (non-hydrogen) atoms. The van der Waals surface area contributed by atoms with E-state index < -0.39 is 16.4 Å². The van der Waals surface area contributed by atoms with E-state index in [-0.39, 0.29) is 11.9 Å². The zero-order chi connectivity index (χ0) is 13.9. The van der Waals surface area contributed by atoms with Gasteiger partial charge in [0, 0.05) is 18.5 Å². The first kappa shape index (κ1) is 12.7. The van der Waals surface area contributed by atoms with E-state index in [4.69, 9.17) is 4.74 Å². The lowest BCUT2D eigenvalue weighted by Crippen LogP contribution is -2.55. The summed E-state index contributed by atoms with van der Waals surface area (Å²) < 4.78 is 5.63. The third kappa shape index (κ3) is 1.30. The summed E-state index contributed by atoms with van der Waals surface area (Å²) in [6.07, 6.45) is 6.38. The SMILES string of the molecule is CC1(C)[C@@]2(C)CC[C@@]1(C(=O)N1CC=CCC1)OC2=O. The van der Waals surface area contributed by atoms with Crippen LogP contribution in [0.3, 0.4) is 0 Å². The fourth-order valence-corrected chi connectivity index (χ4v) is 3.80. The van der Waals surface area contributed by atoms with Crippen LogP contribution in [0.1, 0.15) is 40.0 Å². The van der Waals surface area contributed by atoms with Crippen molar-refractivity contribution in [2.45, 2.75) is 45.6 Å². The predicted molar refractivity (Wildman–Crippen MR) is 70.3 cm³/mol. The van der Waals surface area contributed by atoms with E-state index in [0.29, 0.717) is 13.0 Å². The van der Waals surface area contributed by atoms with Gasteiger partial charge in [0.2, 0.25) is 0 Å². The monoisotopic (exact) mass is 263 g/mol. The summed E-state index contributed by atoms with van der Waals surface area (Å²) >= 11 is 0. The molecule has 2 heterocycles. The molecule has 3 rings (SSSR count). The average Bonchev–Trinajstić information content (AvgIpc) is 2.69. The van der Waals surface area contributed by atoms with E-state index in [1.165, 1.54) is 0 Å². The molecule has 0 spiro atoms. The number of hydrogen-bond donors (Lipinski definition) is 0. The van der Waals surface area contributed by atoms with Crippen molar-refractivity contribution in [3.63, 3.8) is 0 Å². The van der Waals surface area contributed by atoms with E-state index in [1.54, 1.807) is 0 Å². The molecule has 0 aromatic heterocycles. The van der Waals surface area contributed by atoms with Crippen LogP contribution >= 0.6 is 0 Å². The lowest BCUT2D eigenvalue weighted by Gasteiger charge is -2.39. The number of fused-ring (bicyclic) bond motifs is 2. The highest BCUT2D eigenvalue weighted by Gasteiger charge is 2.76. The van der Waals surface area contributed by atoms with E-state index in [1.807, 2.05) is 31.7 Å². The molecule has 2 fully saturated rings. The topological polar surface area (TPSA) is 46.6 Å². The largest absolute Gasteiger partial charge is 0.448 e. The van der Waals surface area contributed by atoms with Gasteiger partial charge in [-0.3, -0.25) is 9.59 Å². The molecule has 2 aliphatic heterocycles. The molecule has 1 saturated carbocycles. The normalized spacial score (nSPS) is 39.5. The van der Waals surface area contributed by atoms with Gasteiger partial charge in [0.25, 0.3) is 5.91 Å². The predicted octanol–water partition coefficient (Wildman–Crippen LogP) is 1.90. The molecule has 0 aromatic rings. The number of ether oxygens (including phenoxy) is 1. The van der Waals surface area contributed by atoms with Crippen LogP contribution in [0.25, 0.3) is 0 Å². The summed E-state index contributed by atoms with van der Waals surface area (Å²) in [5, 5.41) is 0. The molecule has 0 radical (unpaired) electrons. The van der Waals surface area contributed by atoms with Gasteiger partial charge in [0.15, 0.2) is 5.60 Å². The molecular formula is C15H21NO3. The third-order valence-corrected chi connectivity index (χ3v) is 5.77. The lowest BCUT2D eigenvalue weighted by molar-refractivity contribution is -0.173. The van der Waals surface area contributed by atoms with Crippen molar-refractivity contribution in [3.8, 4) is 0 Å². The number of amides is 1. The van der Waals surface area contributed by atoms with Crippen molar-refractivity contribution in [3.05, 3.63) is 12.2 Å². The maximum Gasteiger partial charge on any atom is 0.313 e. The Bertz CT molecular complexity index is 482. The number of hydrogen-bond acceptors (Lipinski definition) is 3. The Kier molecular flexibility index (Phi) is 2.42. The summed E-state index contributed by atoms with van der Waals surface area (Å²) in [5.74, 6) is -0.207. The second-order valence-electron chi connectivity index (χ2n) is 6.68. The van der Waals surface area contributed by atoms with Gasteiger partial charge in [-0.2, -0.15) is 0 Å². The summed E-state index contributed by atoms with van der Waals surface area (Å²) in [6.45, 7) is 7.30. The van der Waals surface area contributed by atoms with Crippen LogP contribution in [0.2, 0.25) is 0 Å². The molecule has 0 N–H and O–H groups in total. The highest BCUT2D eigenvalue weighted by atomic mass is 16.6. The first-order chi connectivity index (χ1) is 8.85. The van der Waals surface area contributed by atoms with Crippen molar-refractivity contribution in [1.29, 1.82) is 0 Å². The molecule has 2 bridgehead atoms. The Balaban J connectivity index is 1.98. The molecule has 4 heteroatoms. The Morgan fingerprint density at radius 1 is 1.26 bits per heavy atom. The van der Waals surface area contributed by atoms with Crippen molar-refractivity contribution in [2.75, 3.05) is 13.1 Å². The Hall–Kier alpha value is -1.32. The molecule has 0 aromatic carbocycles. The Morgan fingerprint density at radius 2 is 2.00 bits per heavy atom. The molecule has 1 saturated heterocycles. The number of carbonyl (C=O) groups excluding carboxylic acids is 2. The van der Waals surface area contributed by atoms with Gasteiger partial charge < -0.3 is 9.64 Å². The van der Waals surface area contributed by atoms with Gasteiger partial charge in [-0.15, -0.1) is 0 Å². The minimum Gasteiger partial charge on any atom is -0.448 e. The van der Waals surface area contributed by atoms with E-state index >= 15 is 0 Å². The van der Waals surface area contributed by atoms with Gasteiger partial charge in [0.05, 0.1) is 5.41 Å². The quantitative estimate of drug-likeness (QED) is 0.536. The number of esters is 1. The zero-order valence-electron chi connectivity index (χ0n) is 11.9. The molecule has 1 aliphatic carbocycles. The first-order valence-electron chi connectivity index (χ1n) is 7.03. The highest BCUT2D eigenvalue weighted by Crippen LogP contribution is 2.65. The van der Waals surface area contributed by atoms with E-state index in [0.717, 1.165) is 19.4 Å². The van der Waals surface area contributed by atoms with Gasteiger partial charge in [-0.05, 0) is 26.2 Å². The maximum atomic E-state index is 12.9. The lowest BCUT2D eigenvalue weighted by atomic mass is 9.66. The first-order valence-corrected chi connectivity index (χ1v) is 7.03. The van der Waals surface area contributed by atoms with Crippen molar-refractivity contribution >= 4 is 11.9 Å². The van der Waals surface area contributed by atoms with Crippen LogP contribution in [0.4, 0.5) is 0 Å². The second-order valence-corrected chi connectivity index (χ2v) is 6.68. The minimum absolute atomic E-state index is 0.00331. The van der Waals surface area contributed by atoms with Gasteiger partial charge >= 0.3 is 5.97 Å². The van der Waals surface area contributed by atoms with Crippen LogP contribution in [0.5, 0.6) is 0 Å². The number of rotatable bonds is 1. The van der Waals surface area contributed by atoms with Crippen molar-refractivity contribution < 1.29 is 14.3 Å². The third-order valence-electron chi connectivity index (χ3n) is 5.77. The summed E-state index contributed by atoms with van der Waals surface area (Å²) in [4.78, 5) is 26.9. The fraction of sp³-hybridized carbons (Fsp3) is 0.733. The van der Waals surface area contributed by atoms with E-state index in [2.05, 4.69) is 6.08 Å². The molecule has 4 nitrogen and oxygen atoms in total. The van der Waals surface area contributed by atoms with E-state index in [9.17, 15) is 9.59 Å². The summed E-state index contributed by atoms with van der Waals surface area (Å²) in [7, 11) is 0. The molecule has 3 aliphatic rings. The fourth-order valence-electron chi connectivity index (χ4n) is 3.80. The van der Waals surface area contributed by atoms with Crippen LogP contribution < -0.4 is 0 Å². The second kappa shape index (κ2) is 3.62. The van der Waals surface area contributed by atoms with Gasteiger partial charge in [-0.25, -0.2) is 0 Å². The molecule has 1 amide bonds. The number of nitrogens with zero attached hydrogens (tertiary/aromatic N) is 1. The maximum absolute atomic E-state index is 12.9. The standard InChI is InChI=1S/C15H21NO3/c1-13(2)14(3)7-8-15(13,19-12(14)18)11(17)16-9-5-4-6-10-16/h4-5H,6-10H2,1-3H3/t14-,15-/m0/s1. The zero-order valence-corrected chi connectivity index (χ0v) is 11.9. The van der Waals surface area contributed by atoms with Gasteiger partial charge in [0.1, 0.15) is 0 Å². The Labute approximate surface area is 113 Å². The van der Waals surface area contributed by atoms with Gasteiger partial charge in [-0.1, -0.05) is 26.0 Å². The molecule has 2 atom stereocenters. The smallest absolute Gasteiger partial charge is 0.313 e. The number of carbonyl (C=O) groups is 2. The molecule has 104 valence electrons. The van der Waals surface area contributed by atoms with Crippen LogP contribution in [-0.2, 0) is 14.3 Å². The Morgan fingerprint density at radius 3 is 2.47 bits per heavy atom. The highest BCUT2D eigenvalue weighted by molar-refractivity contribution is 5.96. The van der Waals surface area contributed by atoms with Crippen LogP contribution in [0.15, 0.2) is 12.2 Å². The minimum atomic E-state index is -0.940. The van der Waals surface area contributed by atoms with Crippen LogP contribution in [0, 0.1) is 10.8 Å². The summed E-state index contributed by atoms with van der Waals surface area (Å²) in [5.41, 5.74) is -1.90. The summed E-state index contributed by atoms with van der Waals surface area (Å²) in [6, 6.07) is 0. The average molecular weight is 263 g/mol. The van der Waals surface area contributed by atoms with Crippen LogP contribution in [-0.4, -0.2) is 35.5 Å². The molecular weight excluding hydrogens is 242 g/mol. The van der Waals surface area contributed by atoms with Crippen molar-refractivity contribution in [2.24, 2.45) is 10.8 Å². The van der Waals surface area contributed by atoms with Crippen molar-refractivity contribution in [1.82, 2.24) is 4.90 Å². The molecule has 0 unspecified atom stereocenters.